The van der Waals surface area contributed by atoms with Crippen LogP contribution in [0.4, 0.5) is 11.4 Å². The van der Waals surface area contributed by atoms with Crippen molar-refractivity contribution in [3.8, 4) is 0 Å². The van der Waals surface area contributed by atoms with Crippen LogP contribution in [0.25, 0.3) is 0 Å². The Labute approximate surface area is 232 Å². The van der Waals surface area contributed by atoms with Gasteiger partial charge in [0.15, 0.2) is 0 Å². The summed E-state index contributed by atoms with van der Waals surface area (Å²) in [5.41, 5.74) is 18.4. The fraction of sp³-hybridized carbons (Fsp3) is 0.714. The number of benzene rings is 1. The third-order valence-corrected chi connectivity index (χ3v) is 12.6. The summed E-state index contributed by atoms with van der Waals surface area (Å²) in [6.07, 6.45) is 16.7. The maximum absolute atomic E-state index is 11.6. The Morgan fingerprint density at radius 1 is 1.11 bits per heavy atom. The molecule has 3 fully saturated rings. The molecule has 0 heterocycles. The average molecular weight is 519 g/mol. The summed E-state index contributed by atoms with van der Waals surface area (Å²) in [6.45, 7) is 14.6. The van der Waals surface area contributed by atoms with Gasteiger partial charge in [-0.25, -0.2) is 0 Å². The number of fused-ring (bicyclic) bond motifs is 3. The van der Waals surface area contributed by atoms with E-state index in [9.17, 15) is 5.11 Å². The lowest BCUT2D eigenvalue weighted by molar-refractivity contribution is -0.0367. The summed E-state index contributed by atoms with van der Waals surface area (Å²) in [4.78, 5) is 0. The van der Waals surface area contributed by atoms with Gasteiger partial charge in [0, 0.05) is 16.8 Å². The predicted molar refractivity (Wildman–Crippen MR) is 161 cm³/mol. The van der Waals surface area contributed by atoms with Gasteiger partial charge in [-0.2, -0.15) is 0 Å². The molecule has 3 nitrogen and oxygen atoms in total. The molecule has 1 aromatic carbocycles. The first-order valence-electron chi connectivity index (χ1n) is 15.6. The van der Waals surface area contributed by atoms with Crippen molar-refractivity contribution in [2.24, 2.45) is 45.8 Å². The third kappa shape index (κ3) is 4.36. The van der Waals surface area contributed by atoms with Gasteiger partial charge >= 0.3 is 0 Å². The average Bonchev–Trinajstić information content (AvgIpc) is 3.18. The number of nitrogen functional groups attached to an aromatic ring is 2. The normalized spacial score (nSPS) is 40.9. The van der Waals surface area contributed by atoms with E-state index in [-0.39, 0.29) is 16.9 Å². The monoisotopic (exact) mass is 518 g/mol. The molecule has 38 heavy (non-hydrogen) atoms. The molecule has 0 saturated heterocycles. The van der Waals surface area contributed by atoms with Gasteiger partial charge in [-0.05, 0) is 136 Å². The van der Waals surface area contributed by atoms with Gasteiger partial charge in [-0.3, -0.25) is 0 Å². The maximum atomic E-state index is 11.6. The number of rotatable bonds is 6. The van der Waals surface area contributed by atoms with E-state index in [2.05, 4.69) is 59.8 Å². The molecule has 5 rings (SSSR count). The van der Waals surface area contributed by atoms with Crippen molar-refractivity contribution in [1.29, 1.82) is 0 Å². The van der Waals surface area contributed by atoms with E-state index in [0.29, 0.717) is 17.0 Å². The quantitative estimate of drug-likeness (QED) is 0.262. The molecule has 0 amide bonds. The molecule has 2 bridgehead atoms. The van der Waals surface area contributed by atoms with Gasteiger partial charge in [0.05, 0.1) is 6.10 Å². The van der Waals surface area contributed by atoms with E-state index in [1.54, 1.807) is 5.57 Å². The second-order valence-electron chi connectivity index (χ2n) is 14.7. The molecule has 0 radical (unpaired) electrons. The second kappa shape index (κ2) is 10.0. The van der Waals surface area contributed by atoms with Crippen LogP contribution < -0.4 is 11.5 Å². The van der Waals surface area contributed by atoms with E-state index in [0.717, 1.165) is 54.2 Å². The van der Waals surface area contributed by atoms with Crippen LogP contribution >= 0.6 is 0 Å². The minimum absolute atomic E-state index is 0.211. The number of aliphatic hydroxyl groups is 1. The van der Waals surface area contributed by atoms with Gasteiger partial charge < -0.3 is 16.6 Å². The van der Waals surface area contributed by atoms with Crippen molar-refractivity contribution in [1.82, 2.24) is 0 Å². The third-order valence-electron chi connectivity index (χ3n) is 12.6. The van der Waals surface area contributed by atoms with Gasteiger partial charge in [-0.1, -0.05) is 57.1 Å². The summed E-state index contributed by atoms with van der Waals surface area (Å²) in [7, 11) is 0. The van der Waals surface area contributed by atoms with E-state index < -0.39 is 0 Å². The molecule has 9 unspecified atom stereocenters. The first-order valence-corrected chi connectivity index (χ1v) is 15.6. The molecule has 3 heteroatoms. The SMILES string of the molecule is CC(C)=CCCC(C)C1CCC2C3CC=C4C(C)(Cc5ccc(N)cc5N)C(O)CCC4(CCC12C)C3C. The lowest BCUT2D eigenvalue weighted by Gasteiger charge is -2.58. The first-order chi connectivity index (χ1) is 17.9. The molecule has 4 aliphatic carbocycles. The van der Waals surface area contributed by atoms with Crippen LogP contribution in [0.1, 0.15) is 105 Å². The molecule has 5 N–H and O–H groups in total. The lowest BCUT2D eigenvalue weighted by atomic mass is 9.47. The number of allylic oxidation sites excluding steroid dienone is 3. The topological polar surface area (TPSA) is 72.3 Å². The molecule has 1 spiro atoms. The summed E-state index contributed by atoms with van der Waals surface area (Å²) in [5.74, 6) is 3.88. The molecule has 210 valence electrons. The zero-order valence-electron chi connectivity index (χ0n) is 25.0. The fourth-order valence-corrected chi connectivity index (χ4v) is 10.4. The van der Waals surface area contributed by atoms with Crippen LogP contribution in [0.3, 0.4) is 0 Å². The lowest BCUT2D eigenvalue weighted by Crippen LogP contribution is -2.53. The van der Waals surface area contributed by atoms with E-state index >= 15 is 0 Å². The van der Waals surface area contributed by atoms with Crippen LogP contribution in [0.5, 0.6) is 0 Å². The highest BCUT2D eigenvalue weighted by atomic mass is 16.3. The molecule has 3 saturated carbocycles. The predicted octanol–water partition coefficient (Wildman–Crippen LogP) is 8.33. The van der Waals surface area contributed by atoms with Gasteiger partial charge in [0.2, 0.25) is 0 Å². The van der Waals surface area contributed by atoms with Crippen molar-refractivity contribution in [2.75, 3.05) is 11.5 Å². The molecule has 0 aliphatic heterocycles. The Hall–Kier alpha value is -1.74. The minimum atomic E-state index is -0.332. The smallest absolute Gasteiger partial charge is 0.0634 e. The molecular formula is C35H54N2O. The number of hydrogen-bond acceptors (Lipinski definition) is 3. The molecular weight excluding hydrogens is 464 g/mol. The van der Waals surface area contributed by atoms with Crippen molar-refractivity contribution in [3.05, 3.63) is 47.1 Å². The number of aliphatic hydroxyl groups excluding tert-OH is 1. The van der Waals surface area contributed by atoms with Crippen molar-refractivity contribution in [2.45, 2.75) is 112 Å². The van der Waals surface area contributed by atoms with Crippen molar-refractivity contribution in [3.63, 3.8) is 0 Å². The fourth-order valence-electron chi connectivity index (χ4n) is 10.4. The van der Waals surface area contributed by atoms with Gasteiger partial charge in [0.25, 0.3) is 0 Å². The van der Waals surface area contributed by atoms with Crippen LogP contribution in [0.15, 0.2) is 41.5 Å². The largest absolute Gasteiger partial charge is 0.399 e. The summed E-state index contributed by atoms with van der Waals surface area (Å²) < 4.78 is 0. The molecule has 0 aromatic heterocycles. The molecule has 9 atom stereocenters. The van der Waals surface area contributed by atoms with E-state index in [1.165, 1.54) is 50.5 Å². The number of anilines is 2. The molecule has 1 aromatic rings. The Bertz CT molecular complexity index is 1100. The Balaban J connectivity index is 1.46. The van der Waals surface area contributed by atoms with E-state index in [4.69, 9.17) is 11.5 Å². The highest BCUT2D eigenvalue weighted by Gasteiger charge is 2.62. The highest BCUT2D eigenvalue weighted by molar-refractivity contribution is 5.57. The zero-order valence-corrected chi connectivity index (χ0v) is 25.0. The van der Waals surface area contributed by atoms with Gasteiger partial charge in [0.1, 0.15) is 0 Å². The summed E-state index contributed by atoms with van der Waals surface area (Å²) in [6, 6.07) is 5.92. The van der Waals surface area contributed by atoms with Crippen LogP contribution in [0, 0.1) is 45.8 Å². The second-order valence-corrected chi connectivity index (χ2v) is 14.7. The zero-order chi connectivity index (χ0) is 27.5. The Morgan fingerprint density at radius 3 is 2.58 bits per heavy atom. The highest BCUT2D eigenvalue weighted by Crippen LogP contribution is 2.70. The van der Waals surface area contributed by atoms with Crippen molar-refractivity contribution < 1.29 is 5.11 Å². The van der Waals surface area contributed by atoms with Crippen LogP contribution in [-0.2, 0) is 6.42 Å². The standard InChI is InChI=1S/C35H54N2O/c1-22(2)8-7-9-23(3)28-13-14-29-27-12-15-31-34(6,21-25-10-11-26(36)20-30(25)37)32(38)16-17-35(31,24(27)4)19-18-33(28,29)5/h8,10-11,15,20,23-24,27-29,32,38H,7,9,12-14,16-19,21,36-37H2,1-6H3. The molecule has 4 aliphatic rings. The Kier molecular flexibility index (Phi) is 7.34. The number of nitrogens with two attached hydrogens (primary N) is 2. The summed E-state index contributed by atoms with van der Waals surface area (Å²) in [5, 5.41) is 11.6. The number of hydrogen-bond donors (Lipinski definition) is 3. The van der Waals surface area contributed by atoms with Gasteiger partial charge in [-0.15, -0.1) is 0 Å². The van der Waals surface area contributed by atoms with Crippen LogP contribution in [0.2, 0.25) is 0 Å². The van der Waals surface area contributed by atoms with Crippen molar-refractivity contribution >= 4 is 11.4 Å². The minimum Gasteiger partial charge on any atom is -0.399 e. The maximum Gasteiger partial charge on any atom is 0.0634 e. The first kappa shape index (κ1) is 27.8. The summed E-state index contributed by atoms with van der Waals surface area (Å²) >= 11 is 0. The van der Waals surface area contributed by atoms with E-state index in [1.807, 2.05) is 12.1 Å². The van der Waals surface area contributed by atoms with Crippen LogP contribution in [-0.4, -0.2) is 11.2 Å². The Morgan fingerprint density at radius 2 is 1.87 bits per heavy atom.